The van der Waals surface area contributed by atoms with E-state index in [0.717, 1.165) is 11.1 Å². The van der Waals surface area contributed by atoms with Crippen molar-refractivity contribution in [2.75, 3.05) is 14.2 Å². The number of benzene rings is 4. The van der Waals surface area contributed by atoms with Gasteiger partial charge >= 0.3 is 0 Å². The van der Waals surface area contributed by atoms with Gasteiger partial charge in [0.05, 0.1) is 14.2 Å². The van der Waals surface area contributed by atoms with Crippen LogP contribution in [0, 0.1) is 0 Å². The van der Waals surface area contributed by atoms with E-state index in [1.165, 1.54) is 32.4 Å². The van der Waals surface area contributed by atoms with E-state index in [9.17, 15) is 9.90 Å². The van der Waals surface area contributed by atoms with Gasteiger partial charge in [0.2, 0.25) is 5.75 Å². The van der Waals surface area contributed by atoms with E-state index >= 15 is 0 Å². The molecular formula is C31H26O7. The van der Waals surface area contributed by atoms with Crippen LogP contribution in [0.3, 0.4) is 0 Å². The molecule has 5 rings (SSSR count). The fourth-order valence-corrected chi connectivity index (χ4v) is 4.12. The number of ether oxygens (including phenoxy) is 4. The summed E-state index contributed by atoms with van der Waals surface area (Å²) in [6, 6.07) is 26.9. The average Bonchev–Trinajstić information content (AvgIpc) is 2.95. The molecule has 1 N–H and O–H groups in total. The van der Waals surface area contributed by atoms with Crippen LogP contribution in [0.5, 0.6) is 28.7 Å². The number of fused-ring (bicyclic) bond motifs is 1. The zero-order valence-electron chi connectivity index (χ0n) is 21.0. The number of methoxy groups -OCH3 is 2. The number of phenolic OH excluding ortho intramolecular Hbond substituents is 1. The van der Waals surface area contributed by atoms with Crippen LogP contribution in [0.2, 0.25) is 0 Å². The molecule has 7 nitrogen and oxygen atoms in total. The van der Waals surface area contributed by atoms with Gasteiger partial charge in [-0.15, -0.1) is 0 Å². The summed E-state index contributed by atoms with van der Waals surface area (Å²) in [7, 11) is 3.05. The summed E-state index contributed by atoms with van der Waals surface area (Å²) in [5.41, 5.74) is 2.34. The number of hydrogen-bond acceptors (Lipinski definition) is 7. The molecule has 0 fully saturated rings. The predicted octanol–water partition coefficient (Wildman–Crippen LogP) is 6.34. The molecule has 38 heavy (non-hydrogen) atoms. The van der Waals surface area contributed by atoms with Gasteiger partial charge in [0.1, 0.15) is 41.4 Å². The molecule has 0 amide bonds. The largest absolute Gasteiger partial charge is 0.508 e. The summed E-state index contributed by atoms with van der Waals surface area (Å²) in [4.78, 5) is 13.2. The molecule has 0 bridgehead atoms. The molecule has 0 aliphatic carbocycles. The Kier molecular flexibility index (Phi) is 7.17. The Morgan fingerprint density at radius 2 is 1.29 bits per heavy atom. The van der Waals surface area contributed by atoms with Gasteiger partial charge in [-0.25, -0.2) is 0 Å². The van der Waals surface area contributed by atoms with E-state index in [1.54, 1.807) is 12.1 Å². The van der Waals surface area contributed by atoms with Crippen molar-refractivity contribution in [2.24, 2.45) is 0 Å². The maximum atomic E-state index is 13.2. The highest BCUT2D eigenvalue weighted by atomic mass is 16.5. The predicted molar refractivity (Wildman–Crippen MR) is 144 cm³/mol. The first kappa shape index (κ1) is 24.8. The molecular weight excluding hydrogens is 484 g/mol. The van der Waals surface area contributed by atoms with E-state index in [-0.39, 0.29) is 40.3 Å². The molecule has 0 saturated heterocycles. The second kappa shape index (κ2) is 11.0. The van der Waals surface area contributed by atoms with Gasteiger partial charge in [-0.3, -0.25) is 4.79 Å². The van der Waals surface area contributed by atoms with Crippen LogP contribution in [0.1, 0.15) is 11.1 Å². The van der Waals surface area contributed by atoms with Crippen LogP contribution >= 0.6 is 0 Å². The van der Waals surface area contributed by atoms with E-state index in [4.69, 9.17) is 23.4 Å². The summed E-state index contributed by atoms with van der Waals surface area (Å²) in [6.45, 7) is 0.558. The summed E-state index contributed by atoms with van der Waals surface area (Å²) in [6.07, 6.45) is 0. The maximum Gasteiger partial charge on any atom is 0.203 e. The van der Waals surface area contributed by atoms with Crippen LogP contribution in [0.15, 0.2) is 100 Å². The Balaban J connectivity index is 1.51. The lowest BCUT2D eigenvalue weighted by atomic mass is 10.1. The molecule has 0 spiro atoms. The Morgan fingerprint density at radius 1 is 0.711 bits per heavy atom. The highest BCUT2D eigenvalue weighted by Gasteiger charge is 2.19. The van der Waals surface area contributed by atoms with E-state index < -0.39 is 0 Å². The molecule has 0 unspecified atom stereocenters. The molecule has 5 aromatic rings. The topological polar surface area (TPSA) is 87.4 Å². The van der Waals surface area contributed by atoms with Gasteiger partial charge in [0.15, 0.2) is 16.9 Å². The number of hydrogen-bond donors (Lipinski definition) is 1. The normalized spacial score (nSPS) is 10.8. The number of rotatable bonds is 9. The van der Waals surface area contributed by atoms with Crippen molar-refractivity contribution in [2.45, 2.75) is 13.2 Å². The Hall–Kier alpha value is -4.91. The number of aromatic hydroxyl groups is 1. The van der Waals surface area contributed by atoms with Crippen LogP contribution < -0.4 is 24.4 Å². The van der Waals surface area contributed by atoms with Crippen molar-refractivity contribution in [3.05, 3.63) is 112 Å². The third kappa shape index (κ3) is 5.27. The van der Waals surface area contributed by atoms with Gasteiger partial charge in [0.25, 0.3) is 0 Å². The second-order valence-electron chi connectivity index (χ2n) is 8.55. The van der Waals surface area contributed by atoms with Crippen molar-refractivity contribution < 1.29 is 28.5 Å². The van der Waals surface area contributed by atoms with Crippen molar-refractivity contribution in [3.8, 4) is 40.1 Å². The minimum atomic E-state index is -0.313. The highest BCUT2D eigenvalue weighted by Crippen LogP contribution is 2.42. The van der Waals surface area contributed by atoms with Gasteiger partial charge in [-0.1, -0.05) is 60.7 Å². The van der Waals surface area contributed by atoms with Gasteiger partial charge in [-0.2, -0.15) is 0 Å². The first-order valence-corrected chi connectivity index (χ1v) is 12.0. The first-order valence-electron chi connectivity index (χ1n) is 12.0. The fraction of sp³-hybridized carbons (Fsp3) is 0.129. The first-order chi connectivity index (χ1) is 18.6. The molecule has 7 heteroatoms. The molecule has 0 aliphatic rings. The van der Waals surface area contributed by atoms with Crippen molar-refractivity contribution in [3.63, 3.8) is 0 Å². The number of phenols is 1. The lowest BCUT2D eigenvalue weighted by Crippen LogP contribution is -2.05. The molecule has 1 heterocycles. The Morgan fingerprint density at radius 3 is 1.87 bits per heavy atom. The van der Waals surface area contributed by atoms with Crippen LogP contribution in [0.4, 0.5) is 0 Å². The van der Waals surface area contributed by atoms with E-state index in [2.05, 4.69) is 0 Å². The summed E-state index contributed by atoms with van der Waals surface area (Å²) >= 11 is 0. The molecule has 4 aromatic carbocycles. The second-order valence-corrected chi connectivity index (χ2v) is 8.55. The minimum absolute atomic E-state index is 0.0827. The van der Waals surface area contributed by atoms with Crippen LogP contribution in [-0.2, 0) is 13.2 Å². The summed E-state index contributed by atoms with van der Waals surface area (Å²) in [5, 5.41) is 10.6. The van der Waals surface area contributed by atoms with E-state index in [0.29, 0.717) is 29.4 Å². The monoisotopic (exact) mass is 510 g/mol. The Labute approximate surface area is 219 Å². The summed E-state index contributed by atoms with van der Waals surface area (Å²) < 4.78 is 29.2. The minimum Gasteiger partial charge on any atom is -0.508 e. The lowest BCUT2D eigenvalue weighted by molar-refractivity contribution is 0.266. The molecule has 0 radical (unpaired) electrons. The Bertz CT molecular complexity index is 1580. The fourth-order valence-electron chi connectivity index (χ4n) is 4.12. The zero-order chi connectivity index (χ0) is 26.5. The third-order valence-electron chi connectivity index (χ3n) is 5.99. The van der Waals surface area contributed by atoms with Crippen molar-refractivity contribution >= 4 is 11.0 Å². The summed E-state index contributed by atoms with van der Waals surface area (Å²) in [5.74, 6) is 1.69. The third-order valence-corrected chi connectivity index (χ3v) is 5.99. The SMILES string of the molecule is COc1cc(-c2cc(=O)c3c(OCc4ccccc4)cc(O)cc3o2)cc(OC)c1OCc1ccccc1. The van der Waals surface area contributed by atoms with Gasteiger partial charge in [-0.05, 0) is 23.3 Å². The zero-order valence-corrected chi connectivity index (χ0v) is 21.0. The molecule has 0 atom stereocenters. The van der Waals surface area contributed by atoms with Crippen molar-refractivity contribution in [1.29, 1.82) is 0 Å². The quantitative estimate of drug-likeness (QED) is 0.248. The van der Waals surface area contributed by atoms with Gasteiger partial charge < -0.3 is 28.5 Å². The molecule has 192 valence electrons. The standard InChI is InChI=1S/C31H26O7/c1-34-28-13-22(14-29(35-2)31(28)37-19-21-11-7-4-8-12-21)25-17-24(33)30-26(15-23(32)16-27(30)38-25)36-18-20-9-5-3-6-10-20/h3-17,32H,18-19H2,1-2H3. The van der Waals surface area contributed by atoms with Crippen LogP contribution in [0.25, 0.3) is 22.3 Å². The average molecular weight is 511 g/mol. The van der Waals surface area contributed by atoms with Crippen molar-refractivity contribution in [1.82, 2.24) is 0 Å². The molecule has 0 saturated carbocycles. The highest BCUT2D eigenvalue weighted by molar-refractivity contribution is 5.86. The maximum absolute atomic E-state index is 13.2. The lowest BCUT2D eigenvalue weighted by Gasteiger charge is -2.16. The van der Waals surface area contributed by atoms with Crippen LogP contribution in [-0.4, -0.2) is 19.3 Å². The smallest absolute Gasteiger partial charge is 0.203 e. The van der Waals surface area contributed by atoms with Gasteiger partial charge in [0, 0.05) is 23.8 Å². The molecule has 1 aromatic heterocycles. The van der Waals surface area contributed by atoms with E-state index in [1.807, 2.05) is 60.7 Å². The molecule has 0 aliphatic heterocycles.